The summed E-state index contributed by atoms with van der Waals surface area (Å²) in [4.78, 5) is 47.0. The van der Waals surface area contributed by atoms with E-state index in [4.69, 9.17) is 16.6 Å². The van der Waals surface area contributed by atoms with Crippen LogP contribution in [0.5, 0.6) is 5.75 Å². The van der Waals surface area contributed by atoms with E-state index in [1.165, 1.54) is 24.3 Å². The summed E-state index contributed by atoms with van der Waals surface area (Å²) < 4.78 is 0. The molecule has 1 rings (SSSR count). The quantitative estimate of drug-likeness (QED) is 0.205. The van der Waals surface area contributed by atoms with Gasteiger partial charge in [-0.3, -0.25) is 14.4 Å². The molecule has 0 saturated heterocycles. The summed E-state index contributed by atoms with van der Waals surface area (Å²) in [6.07, 6.45) is 0.105. The minimum Gasteiger partial charge on any atom is -0.508 e. The number of amides is 2. The first-order valence-corrected chi connectivity index (χ1v) is 9.43. The van der Waals surface area contributed by atoms with Crippen molar-refractivity contribution in [3.63, 3.8) is 0 Å². The number of carboxylic acids is 2. The van der Waals surface area contributed by atoms with E-state index < -0.39 is 41.9 Å². The minimum atomic E-state index is -1.27. The molecule has 11 nitrogen and oxygen atoms in total. The summed E-state index contributed by atoms with van der Waals surface area (Å²) in [5, 5.41) is 32.3. The van der Waals surface area contributed by atoms with Gasteiger partial charge in [0.2, 0.25) is 11.8 Å². The van der Waals surface area contributed by atoms with Gasteiger partial charge in [0.25, 0.3) is 0 Å². The van der Waals surface area contributed by atoms with E-state index in [1.54, 1.807) is 0 Å². The molecular weight excluding hydrogens is 396 g/mol. The van der Waals surface area contributed by atoms with Crippen LogP contribution in [0.15, 0.2) is 24.3 Å². The molecule has 2 amide bonds. The third-order valence-electron chi connectivity index (χ3n) is 4.33. The zero-order chi connectivity index (χ0) is 22.7. The van der Waals surface area contributed by atoms with E-state index >= 15 is 0 Å². The second-order valence-corrected chi connectivity index (χ2v) is 6.80. The van der Waals surface area contributed by atoms with E-state index in [1.807, 2.05) is 0 Å². The highest BCUT2D eigenvalue weighted by Gasteiger charge is 2.28. The molecule has 0 fully saturated rings. The van der Waals surface area contributed by atoms with E-state index in [9.17, 15) is 29.4 Å². The van der Waals surface area contributed by atoms with Crippen LogP contribution >= 0.6 is 0 Å². The molecule has 1 aromatic rings. The van der Waals surface area contributed by atoms with Crippen molar-refractivity contribution in [2.75, 3.05) is 6.54 Å². The van der Waals surface area contributed by atoms with Gasteiger partial charge in [0.15, 0.2) is 0 Å². The van der Waals surface area contributed by atoms with Crippen LogP contribution in [0.1, 0.15) is 31.2 Å². The topological polar surface area (TPSA) is 205 Å². The maximum absolute atomic E-state index is 12.6. The van der Waals surface area contributed by atoms with Gasteiger partial charge in [-0.2, -0.15) is 0 Å². The fourth-order valence-corrected chi connectivity index (χ4v) is 2.62. The Kier molecular flexibility index (Phi) is 10.3. The van der Waals surface area contributed by atoms with Gasteiger partial charge in [0, 0.05) is 12.8 Å². The summed E-state index contributed by atoms with van der Waals surface area (Å²) in [7, 11) is 0. The standard InChI is InChI=1S/C19H28N4O7/c20-9-1-2-14(22-17(27)13(21)7-8-16(25)26)18(28)23-15(19(29)30)10-11-3-5-12(24)6-4-11/h3-6,13-15,24H,1-2,7-10,20-21H2,(H,22,27)(H,23,28)(H,25,26)(H,29,30)/t13-,14+,15+/m0/s1. The number of benzene rings is 1. The number of phenolic OH excluding ortho intramolecular Hbond substituents is 1. The van der Waals surface area contributed by atoms with E-state index in [2.05, 4.69) is 10.6 Å². The van der Waals surface area contributed by atoms with Crippen LogP contribution in [-0.2, 0) is 25.6 Å². The molecule has 0 heterocycles. The molecule has 0 spiro atoms. The highest BCUT2D eigenvalue weighted by molar-refractivity contribution is 5.92. The number of carbonyl (C=O) groups is 4. The van der Waals surface area contributed by atoms with Crippen molar-refractivity contribution in [3.8, 4) is 5.75 Å². The van der Waals surface area contributed by atoms with Crippen molar-refractivity contribution in [3.05, 3.63) is 29.8 Å². The predicted molar refractivity (Wildman–Crippen MR) is 106 cm³/mol. The van der Waals surface area contributed by atoms with Crippen LogP contribution in [0.2, 0.25) is 0 Å². The predicted octanol–water partition coefficient (Wildman–Crippen LogP) is -1.08. The van der Waals surface area contributed by atoms with Crippen LogP contribution in [0.4, 0.5) is 0 Å². The zero-order valence-corrected chi connectivity index (χ0v) is 16.4. The Morgan fingerprint density at radius 1 is 0.933 bits per heavy atom. The van der Waals surface area contributed by atoms with Gasteiger partial charge in [0.1, 0.15) is 17.8 Å². The number of rotatable bonds is 13. The molecule has 1 aromatic carbocycles. The number of nitrogens with one attached hydrogen (secondary N) is 2. The molecule has 9 N–H and O–H groups in total. The molecular formula is C19H28N4O7. The van der Waals surface area contributed by atoms with Crippen LogP contribution < -0.4 is 22.1 Å². The number of carboxylic acid groups (broad SMARTS) is 2. The van der Waals surface area contributed by atoms with Crippen LogP contribution in [0.25, 0.3) is 0 Å². The van der Waals surface area contributed by atoms with Crippen LogP contribution in [0, 0.1) is 0 Å². The van der Waals surface area contributed by atoms with E-state index in [-0.39, 0.29) is 38.0 Å². The fraction of sp³-hybridized carbons (Fsp3) is 0.474. The summed E-state index contributed by atoms with van der Waals surface area (Å²) in [5.41, 5.74) is 11.7. The Morgan fingerprint density at radius 2 is 1.53 bits per heavy atom. The highest BCUT2D eigenvalue weighted by Crippen LogP contribution is 2.12. The lowest BCUT2D eigenvalue weighted by molar-refractivity contribution is -0.142. The number of aromatic hydroxyl groups is 1. The summed E-state index contributed by atoms with van der Waals surface area (Å²) in [5.74, 6) is -3.77. The van der Waals surface area contributed by atoms with Crippen molar-refractivity contribution < 1.29 is 34.5 Å². The fourth-order valence-electron chi connectivity index (χ4n) is 2.62. The Hall–Kier alpha value is -3.18. The SMILES string of the molecule is NCCC[C@@H](NC(=O)[C@@H](N)CCC(=O)O)C(=O)N[C@H](Cc1ccc(O)cc1)C(=O)O. The summed E-state index contributed by atoms with van der Waals surface area (Å²) >= 11 is 0. The average Bonchev–Trinajstić information content (AvgIpc) is 2.69. The molecule has 0 bridgehead atoms. The monoisotopic (exact) mass is 424 g/mol. The number of carbonyl (C=O) groups excluding carboxylic acids is 2. The van der Waals surface area contributed by atoms with Crippen molar-refractivity contribution in [1.82, 2.24) is 10.6 Å². The number of hydrogen-bond donors (Lipinski definition) is 7. The first-order valence-electron chi connectivity index (χ1n) is 9.43. The van der Waals surface area contributed by atoms with Gasteiger partial charge < -0.3 is 37.4 Å². The maximum Gasteiger partial charge on any atom is 0.326 e. The first kappa shape index (κ1) is 24.9. The lowest BCUT2D eigenvalue weighted by atomic mass is 10.0. The molecule has 0 radical (unpaired) electrons. The third kappa shape index (κ3) is 8.88. The highest BCUT2D eigenvalue weighted by atomic mass is 16.4. The average molecular weight is 424 g/mol. The molecule has 0 unspecified atom stereocenters. The largest absolute Gasteiger partial charge is 0.508 e. The van der Waals surface area contributed by atoms with E-state index in [0.29, 0.717) is 12.0 Å². The van der Waals surface area contributed by atoms with Crippen molar-refractivity contribution >= 4 is 23.8 Å². The lowest BCUT2D eigenvalue weighted by Crippen LogP contribution is -2.55. The molecule has 0 aliphatic carbocycles. The number of nitrogens with two attached hydrogens (primary N) is 2. The van der Waals surface area contributed by atoms with Gasteiger partial charge >= 0.3 is 11.9 Å². The molecule has 166 valence electrons. The minimum absolute atomic E-state index is 0.0264. The molecule has 30 heavy (non-hydrogen) atoms. The second-order valence-electron chi connectivity index (χ2n) is 6.80. The van der Waals surface area contributed by atoms with Gasteiger partial charge in [-0.15, -0.1) is 0 Å². The number of hydrogen-bond acceptors (Lipinski definition) is 7. The maximum atomic E-state index is 12.6. The van der Waals surface area contributed by atoms with Gasteiger partial charge in [-0.25, -0.2) is 4.79 Å². The Bertz CT molecular complexity index is 739. The molecule has 0 saturated carbocycles. The normalized spacial score (nSPS) is 13.7. The van der Waals surface area contributed by atoms with Gasteiger partial charge in [-0.05, 0) is 43.5 Å². The van der Waals surface area contributed by atoms with Crippen molar-refractivity contribution in [2.24, 2.45) is 11.5 Å². The smallest absolute Gasteiger partial charge is 0.326 e. The Labute approximate surface area is 173 Å². The Balaban J connectivity index is 2.80. The second kappa shape index (κ2) is 12.4. The third-order valence-corrected chi connectivity index (χ3v) is 4.33. The van der Waals surface area contributed by atoms with Crippen molar-refractivity contribution in [1.29, 1.82) is 0 Å². The zero-order valence-electron chi connectivity index (χ0n) is 16.4. The lowest BCUT2D eigenvalue weighted by Gasteiger charge is -2.23. The molecule has 0 aliphatic rings. The molecule has 0 aliphatic heterocycles. The van der Waals surface area contributed by atoms with Crippen molar-refractivity contribution in [2.45, 2.75) is 50.2 Å². The molecule has 0 aromatic heterocycles. The van der Waals surface area contributed by atoms with Crippen LogP contribution in [-0.4, -0.2) is 63.7 Å². The summed E-state index contributed by atoms with van der Waals surface area (Å²) in [6.45, 7) is 0.251. The number of aliphatic carboxylic acids is 2. The molecule has 3 atom stereocenters. The Morgan fingerprint density at radius 3 is 2.07 bits per heavy atom. The number of phenols is 1. The summed E-state index contributed by atoms with van der Waals surface area (Å²) in [6, 6.07) is 2.41. The van der Waals surface area contributed by atoms with E-state index in [0.717, 1.165) is 0 Å². The van der Waals surface area contributed by atoms with Crippen LogP contribution in [0.3, 0.4) is 0 Å². The van der Waals surface area contributed by atoms with Gasteiger partial charge in [0.05, 0.1) is 6.04 Å². The first-order chi connectivity index (χ1) is 14.1. The van der Waals surface area contributed by atoms with Gasteiger partial charge in [-0.1, -0.05) is 12.1 Å². The molecule has 11 heteroatoms.